The Morgan fingerprint density at radius 1 is 1.24 bits per heavy atom. The first-order valence-electron chi connectivity index (χ1n) is 5.99. The van der Waals surface area contributed by atoms with Crippen LogP contribution in [-0.2, 0) is 0 Å². The molecule has 2 N–H and O–H groups in total. The highest BCUT2D eigenvalue weighted by atomic mass is 35.5. The molecule has 1 amide bonds. The number of carbonyl (C=O) groups excluding carboxylic acids is 1. The summed E-state index contributed by atoms with van der Waals surface area (Å²) in [6.45, 7) is 1.65. The molecule has 0 aromatic heterocycles. The van der Waals surface area contributed by atoms with E-state index in [1.807, 2.05) is 0 Å². The first kappa shape index (κ1) is 15.0. The van der Waals surface area contributed by atoms with Gasteiger partial charge in [0.1, 0.15) is 0 Å². The monoisotopic (exact) mass is 307 g/mol. The fourth-order valence-corrected chi connectivity index (χ4v) is 1.98. The summed E-state index contributed by atoms with van der Waals surface area (Å²) in [7, 11) is 0. The molecule has 2 aromatic carbocycles. The Morgan fingerprint density at radius 3 is 2.57 bits per heavy atom. The Balaban J connectivity index is 2.28. The van der Waals surface area contributed by atoms with E-state index in [0.29, 0.717) is 11.3 Å². The Bertz CT molecular complexity index is 731. The third-order valence-electron chi connectivity index (χ3n) is 2.92. The van der Waals surface area contributed by atoms with Crippen molar-refractivity contribution in [2.24, 2.45) is 0 Å². The van der Waals surface area contributed by atoms with Crippen LogP contribution in [0.5, 0.6) is 0 Å². The molecule has 0 aliphatic heterocycles. The van der Waals surface area contributed by atoms with Gasteiger partial charge < -0.3 is 10.4 Å². The van der Waals surface area contributed by atoms with Crippen LogP contribution in [0.1, 0.15) is 26.3 Å². The van der Waals surface area contributed by atoms with Crippen molar-refractivity contribution < 1.29 is 19.1 Å². The molecule has 0 radical (unpaired) electrons. The molecule has 0 aliphatic rings. The van der Waals surface area contributed by atoms with E-state index in [0.717, 1.165) is 0 Å². The number of carbonyl (C=O) groups is 2. The van der Waals surface area contributed by atoms with Gasteiger partial charge in [-0.3, -0.25) is 4.79 Å². The summed E-state index contributed by atoms with van der Waals surface area (Å²) in [6.07, 6.45) is 0. The average Bonchev–Trinajstić information content (AvgIpc) is 2.43. The minimum Gasteiger partial charge on any atom is -0.478 e. The molecule has 0 aliphatic carbocycles. The number of hydrogen-bond donors (Lipinski definition) is 2. The lowest BCUT2D eigenvalue weighted by Gasteiger charge is -2.10. The summed E-state index contributed by atoms with van der Waals surface area (Å²) in [5, 5.41) is 11.3. The van der Waals surface area contributed by atoms with E-state index in [1.165, 1.54) is 36.4 Å². The highest BCUT2D eigenvalue weighted by Gasteiger charge is 2.15. The van der Waals surface area contributed by atoms with Gasteiger partial charge >= 0.3 is 5.97 Å². The number of benzene rings is 2. The molecule has 0 unspecified atom stereocenters. The minimum absolute atomic E-state index is 0.111. The van der Waals surface area contributed by atoms with E-state index < -0.39 is 17.7 Å². The number of carboxylic acids is 1. The molecule has 0 fully saturated rings. The normalized spacial score (nSPS) is 10.2. The van der Waals surface area contributed by atoms with Crippen molar-refractivity contribution in [3.8, 4) is 0 Å². The van der Waals surface area contributed by atoms with Crippen molar-refractivity contribution in [3.63, 3.8) is 0 Å². The van der Waals surface area contributed by atoms with Crippen molar-refractivity contribution in [1.82, 2.24) is 0 Å². The van der Waals surface area contributed by atoms with Crippen molar-refractivity contribution in [2.45, 2.75) is 6.92 Å². The number of amides is 1. The molecular formula is C15H11ClFNO3. The second-order valence-electron chi connectivity index (χ2n) is 4.39. The SMILES string of the molecule is Cc1cc(C(=O)O)ccc1NC(=O)c1cccc(Cl)c1F. The maximum Gasteiger partial charge on any atom is 0.335 e. The zero-order valence-corrected chi connectivity index (χ0v) is 11.7. The average molecular weight is 308 g/mol. The second kappa shape index (κ2) is 5.93. The Morgan fingerprint density at radius 2 is 1.95 bits per heavy atom. The predicted molar refractivity (Wildman–Crippen MR) is 77.5 cm³/mol. The molecule has 0 bridgehead atoms. The van der Waals surface area contributed by atoms with E-state index in [2.05, 4.69) is 5.32 Å². The molecule has 4 nitrogen and oxygen atoms in total. The Hall–Kier alpha value is -2.40. The molecule has 0 heterocycles. The Kier molecular flexibility index (Phi) is 4.23. The highest BCUT2D eigenvalue weighted by molar-refractivity contribution is 6.31. The van der Waals surface area contributed by atoms with E-state index >= 15 is 0 Å². The van der Waals surface area contributed by atoms with Gasteiger partial charge in [0.05, 0.1) is 16.1 Å². The number of aryl methyl sites for hydroxylation is 1. The number of carboxylic acid groups (broad SMARTS) is 1. The minimum atomic E-state index is -1.06. The van der Waals surface area contributed by atoms with Crippen LogP contribution in [0.4, 0.5) is 10.1 Å². The third kappa shape index (κ3) is 3.20. The quantitative estimate of drug-likeness (QED) is 0.907. The summed E-state index contributed by atoms with van der Waals surface area (Å²) >= 11 is 5.63. The third-order valence-corrected chi connectivity index (χ3v) is 3.21. The van der Waals surface area contributed by atoms with E-state index in [9.17, 15) is 14.0 Å². The number of hydrogen-bond acceptors (Lipinski definition) is 2. The molecule has 0 saturated heterocycles. The van der Waals surface area contributed by atoms with Crippen molar-refractivity contribution in [2.75, 3.05) is 5.32 Å². The molecule has 0 atom stereocenters. The van der Waals surface area contributed by atoms with Gasteiger partial charge in [0, 0.05) is 5.69 Å². The van der Waals surface area contributed by atoms with Gasteiger partial charge in [-0.1, -0.05) is 17.7 Å². The van der Waals surface area contributed by atoms with Crippen LogP contribution >= 0.6 is 11.6 Å². The maximum atomic E-state index is 13.8. The van der Waals surface area contributed by atoms with Crippen molar-refractivity contribution in [1.29, 1.82) is 0 Å². The fourth-order valence-electron chi connectivity index (χ4n) is 1.81. The van der Waals surface area contributed by atoms with Gasteiger partial charge in [0.15, 0.2) is 5.82 Å². The zero-order valence-electron chi connectivity index (χ0n) is 11.0. The molecule has 108 valence electrons. The lowest BCUT2D eigenvalue weighted by atomic mass is 10.1. The van der Waals surface area contributed by atoms with Crippen LogP contribution in [0.3, 0.4) is 0 Å². The number of halogens is 2. The smallest absolute Gasteiger partial charge is 0.335 e. The molecule has 2 aromatic rings. The van der Waals surface area contributed by atoms with E-state index in [4.69, 9.17) is 16.7 Å². The second-order valence-corrected chi connectivity index (χ2v) is 4.80. The van der Waals surface area contributed by atoms with Gasteiger partial charge in [0.2, 0.25) is 0 Å². The van der Waals surface area contributed by atoms with E-state index in [-0.39, 0.29) is 16.1 Å². The number of aromatic carboxylic acids is 1. The van der Waals surface area contributed by atoms with Gasteiger partial charge in [-0.25, -0.2) is 9.18 Å². The van der Waals surface area contributed by atoms with Gasteiger partial charge in [0.25, 0.3) is 5.91 Å². The summed E-state index contributed by atoms with van der Waals surface area (Å²) in [5.41, 5.74) is 0.902. The van der Waals surface area contributed by atoms with Crippen LogP contribution < -0.4 is 5.32 Å². The van der Waals surface area contributed by atoms with Gasteiger partial charge in [-0.15, -0.1) is 0 Å². The summed E-state index contributed by atoms with van der Waals surface area (Å²) in [6, 6.07) is 8.38. The molecule has 0 saturated carbocycles. The lowest BCUT2D eigenvalue weighted by molar-refractivity contribution is 0.0696. The van der Waals surface area contributed by atoms with Crippen LogP contribution in [0.25, 0.3) is 0 Å². The first-order chi connectivity index (χ1) is 9.90. The van der Waals surface area contributed by atoms with Crippen LogP contribution in [0.15, 0.2) is 36.4 Å². The zero-order chi connectivity index (χ0) is 15.6. The van der Waals surface area contributed by atoms with Crippen LogP contribution in [-0.4, -0.2) is 17.0 Å². The molecule has 2 rings (SSSR count). The molecular weight excluding hydrogens is 297 g/mol. The Labute approximate surface area is 125 Å². The topological polar surface area (TPSA) is 66.4 Å². The maximum absolute atomic E-state index is 13.8. The van der Waals surface area contributed by atoms with Gasteiger partial charge in [-0.05, 0) is 42.8 Å². The standard InChI is InChI=1S/C15H11ClFNO3/c1-8-7-9(15(20)21)5-6-12(8)18-14(19)10-3-2-4-11(16)13(10)17/h2-7H,1H3,(H,18,19)(H,20,21). The largest absolute Gasteiger partial charge is 0.478 e. The number of anilines is 1. The predicted octanol–water partition coefficient (Wildman–Crippen LogP) is 3.74. The van der Waals surface area contributed by atoms with Crippen LogP contribution in [0, 0.1) is 12.7 Å². The van der Waals surface area contributed by atoms with Crippen molar-refractivity contribution >= 4 is 29.2 Å². The number of rotatable bonds is 3. The summed E-state index contributed by atoms with van der Waals surface area (Å²) in [5.74, 6) is -2.51. The fraction of sp³-hybridized carbons (Fsp3) is 0.0667. The van der Waals surface area contributed by atoms with E-state index in [1.54, 1.807) is 6.92 Å². The molecule has 21 heavy (non-hydrogen) atoms. The van der Waals surface area contributed by atoms with Crippen molar-refractivity contribution in [3.05, 3.63) is 63.9 Å². The summed E-state index contributed by atoms with van der Waals surface area (Å²) < 4.78 is 13.8. The highest BCUT2D eigenvalue weighted by Crippen LogP contribution is 2.21. The van der Waals surface area contributed by atoms with Gasteiger partial charge in [-0.2, -0.15) is 0 Å². The molecule has 6 heteroatoms. The number of nitrogens with one attached hydrogen (secondary N) is 1. The molecule has 0 spiro atoms. The first-order valence-corrected chi connectivity index (χ1v) is 6.37. The van der Waals surface area contributed by atoms with Crippen LogP contribution in [0.2, 0.25) is 5.02 Å². The lowest BCUT2D eigenvalue weighted by Crippen LogP contribution is -2.15. The summed E-state index contributed by atoms with van der Waals surface area (Å²) in [4.78, 5) is 22.9.